The number of aliphatic hydroxyl groups excluding tert-OH is 2. The molecule has 0 fully saturated rings. The van der Waals surface area contributed by atoms with Crippen molar-refractivity contribution in [2.45, 2.75) is 115 Å². The van der Waals surface area contributed by atoms with Crippen LogP contribution in [0.5, 0.6) is 11.5 Å². The molecule has 0 aromatic heterocycles. The number of carbonyl (C=O) groups excluding carboxylic acids is 1. The molecule has 0 bridgehead atoms. The molecule has 1 heterocycles. The molecule has 3 rings (SSSR count). The molecule has 2 aliphatic rings. The Morgan fingerprint density at radius 1 is 1.24 bits per heavy atom. The average Bonchev–Trinajstić information content (AvgIpc) is 2.78. The molecule has 0 saturated heterocycles. The Morgan fingerprint density at radius 3 is 2.65 bits per heavy atom. The Balaban J connectivity index is 1.86. The number of hydrogen-bond acceptors (Lipinski definition) is 5. The second-order valence-corrected chi connectivity index (χ2v) is 11.5. The van der Waals surface area contributed by atoms with E-state index in [1.54, 1.807) is 0 Å². The number of unbranched alkanes of at least 4 members (excludes halogenated alkanes) is 3. The molecule has 0 spiro atoms. The number of Topliss-reactive ketones (excluding diaryl/α,β-unsaturated/α-hetero) is 1. The molecule has 0 amide bonds. The minimum Gasteiger partial charge on any atom is -0.508 e. The van der Waals surface area contributed by atoms with Gasteiger partial charge in [0, 0.05) is 23.8 Å². The van der Waals surface area contributed by atoms with Crippen LogP contribution in [0.2, 0.25) is 0 Å². The molecule has 1 aliphatic carbocycles. The number of benzene rings is 1. The summed E-state index contributed by atoms with van der Waals surface area (Å²) in [5, 5.41) is 29.9. The number of ketones is 1. The van der Waals surface area contributed by atoms with Crippen LogP contribution in [0.15, 0.2) is 23.8 Å². The van der Waals surface area contributed by atoms with Gasteiger partial charge in [0.2, 0.25) is 0 Å². The number of phenols is 1. The molecule has 1 aromatic carbocycles. The van der Waals surface area contributed by atoms with Crippen LogP contribution < -0.4 is 4.74 Å². The van der Waals surface area contributed by atoms with E-state index in [1.807, 2.05) is 12.1 Å². The third kappa shape index (κ3) is 5.85. The summed E-state index contributed by atoms with van der Waals surface area (Å²) in [5.74, 6) is 1.20. The zero-order valence-corrected chi connectivity index (χ0v) is 21.7. The Bertz CT molecular complexity index is 898. The Kier molecular flexibility index (Phi) is 8.51. The molecule has 5 nitrogen and oxygen atoms in total. The molecule has 34 heavy (non-hydrogen) atoms. The van der Waals surface area contributed by atoms with E-state index in [0.717, 1.165) is 35.3 Å². The van der Waals surface area contributed by atoms with E-state index in [-0.39, 0.29) is 48.2 Å². The molecule has 0 radical (unpaired) electrons. The van der Waals surface area contributed by atoms with Crippen LogP contribution in [-0.2, 0) is 10.2 Å². The minimum absolute atomic E-state index is 0.00665. The van der Waals surface area contributed by atoms with Gasteiger partial charge in [-0.1, -0.05) is 52.5 Å². The predicted octanol–water partition coefficient (Wildman–Crippen LogP) is 5.93. The van der Waals surface area contributed by atoms with E-state index in [9.17, 15) is 15.0 Å². The zero-order chi connectivity index (χ0) is 25.1. The molecular weight excluding hydrogens is 428 g/mol. The van der Waals surface area contributed by atoms with Gasteiger partial charge < -0.3 is 20.1 Å². The number of allylic oxidation sites excluding steroid dienone is 2. The Labute approximate surface area is 205 Å². The lowest BCUT2D eigenvalue weighted by Gasteiger charge is -2.47. The molecule has 190 valence electrons. The summed E-state index contributed by atoms with van der Waals surface area (Å²) in [7, 11) is 0. The van der Waals surface area contributed by atoms with Crippen molar-refractivity contribution in [1.29, 1.82) is 0 Å². The third-order valence-corrected chi connectivity index (χ3v) is 8.01. The molecule has 3 atom stereocenters. The van der Waals surface area contributed by atoms with Gasteiger partial charge in [0.1, 0.15) is 17.1 Å². The summed E-state index contributed by atoms with van der Waals surface area (Å²) in [4.78, 5) is 12.8. The van der Waals surface area contributed by atoms with E-state index in [1.165, 1.54) is 19.3 Å². The van der Waals surface area contributed by atoms with Gasteiger partial charge >= 0.3 is 0 Å². The second kappa shape index (κ2) is 10.8. The number of aromatic hydroxyl groups is 1. The predicted molar refractivity (Wildman–Crippen MR) is 135 cm³/mol. The highest BCUT2D eigenvalue weighted by atomic mass is 16.5. The molecule has 0 saturated carbocycles. The highest BCUT2D eigenvalue weighted by Crippen LogP contribution is 2.55. The van der Waals surface area contributed by atoms with Crippen LogP contribution in [0, 0.1) is 5.92 Å². The van der Waals surface area contributed by atoms with Crippen molar-refractivity contribution in [1.82, 2.24) is 0 Å². The first-order valence-corrected chi connectivity index (χ1v) is 13.1. The summed E-state index contributed by atoms with van der Waals surface area (Å²) in [6.45, 7) is 10.6. The highest BCUT2D eigenvalue weighted by Gasteiger charge is 2.47. The largest absolute Gasteiger partial charge is 0.508 e. The Morgan fingerprint density at radius 2 is 1.97 bits per heavy atom. The van der Waals surface area contributed by atoms with Crippen molar-refractivity contribution in [2.75, 3.05) is 6.61 Å². The first-order chi connectivity index (χ1) is 16.0. The number of fused-ring (bicyclic) bond motifs is 3. The van der Waals surface area contributed by atoms with Crippen LogP contribution >= 0.6 is 0 Å². The summed E-state index contributed by atoms with van der Waals surface area (Å²) in [5.41, 5.74) is 2.20. The average molecular weight is 473 g/mol. The first-order valence-electron chi connectivity index (χ1n) is 13.1. The maximum Gasteiger partial charge on any atom is 0.158 e. The van der Waals surface area contributed by atoms with Gasteiger partial charge in [-0.2, -0.15) is 0 Å². The molecule has 1 aliphatic heterocycles. The van der Waals surface area contributed by atoms with Gasteiger partial charge in [-0.15, -0.1) is 0 Å². The Hall–Kier alpha value is -1.85. The monoisotopic (exact) mass is 472 g/mol. The van der Waals surface area contributed by atoms with E-state index in [2.05, 4.69) is 40.7 Å². The van der Waals surface area contributed by atoms with E-state index in [0.29, 0.717) is 12.8 Å². The SMILES string of the molecule is CCCCCCC(C)(C)c1cc(O)c2c(c1)OC(C)(C)[C@@H]1CC=C(C(=O)CCC(O)CO)C[C@@H]21. The smallest absolute Gasteiger partial charge is 0.158 e. The summed E-state index contributed by atoms with van der Waals surface area (Å²) >= 11 is 0. The lowest BCUT2D eigenvalue weighted by Crippen LogP contribution is -2.46. The molecule has 3 N–H and O–H groups in total. The number of rotatable bonds is 11. The number of hydrogen-bond donors (Lipinski definition) is 3. The quantitative estimate of drug-likeness (QED) is 0.347. The molecule has 5 heteroatoms. The standard InChI is InChI=1S/C29H44O5/c1-6-7-8-9-14-28(2,3)20-16-25(33)27-22-15-19(24(32)13-11-21(31)18-30)10-12-23(22)29(4,5)34-26(27)17-20/h10,16-17,21-23,30-31,33H,6-9,11-15,18H2,1-5H3/t21?,22-,23-/m1/s1. The maximum atomic E-state index is 12.8. The van der Waals surface area contributed by atoms with Crippen LogP contribution in [-0.4, -0.2) is 39.4 Å². The fourth-order valence-electron chi connectivity index (χ4n) is 5.70. The minimum atomic E-state index is -0.864. The van der Waals surface area contributed by atoms with Gasteiger partial charge in [0.05, 0.1) is 12.7 Å². The van der Waals surface area contributed by atoms with Gasteiger partial charge in [0.15, 0.2) is 5.78 Å². The van der Waals surface area contributed by atoms with Crippen molar-refractivity contribution in [2.24, 2.45) is 5.92 Å². The van der Waals surface area contributed by atoms with Crippen molar-refractivity contribution < 1.29 is 24.9 Å². The molecular formula is C29H44O5. The topological polar surface area (TPSA) is 87.0 Å². The first kappa shape index (κ1) is 26.7. The van der Waals surface area contributed by atoms with Gasteiger partial charge in [-0.3, -0.25) is 4.79 Å². The lowest BCUT2D eigenvalue weighted by atomic mass is 9.66. The summed E-state index contributed by atoms with van der Waals surface area (Å²) in [6, 6.07) is 4.03. The van der Waals surface area contributed by atoms with Gasteiger partial charge in [0.25, 0.3) is 0 Å². The third-order valence-electron chi connectivity index (χ3n) is 8.01. The number of aliphatic hydroxyl groups is 2. The van der Waals surface area contributed by atoms with Crippen LogP contribution in [0.4, 0.5) is 0 Å². The molecule has 1 unspecified atom stereocenters. The fraction of sp³-hybridized carbons (Fsp3) is 0.690. The van der Waals surface area contributed by atoms with Crippen LogP contribution in [0.25, 0.3) is 0 Å². The van der Waals surface area contributed by atoms with Crippen molar-refractivity contribution in [3.63, 3.8) is 0 Å². The summed E-state index contributed by atoms with van der Waals surface area (Å²) in [6.07, 6.45) is 8.80. The van der Waals surface area contributed by atoms with E-state index >= 15 is 0 Å². The van der Waals surface area contributed by atoms with Crippen molar-refractivity contribution in [3.05, 3.63) is 34.9 Å². The van der Waals surface area contributed by atoms with Crippen molar-refractivity contribution in [3.8, 4) is 11.5 Å². The highest BCUT2D eigenvalue weighted by molar-refractivity contribution is 5.95. The van der Waals surface area contributed by atoms with Crippen LogP contribution in [0.1, 0.15) is 109 Å². The van der Waals surface area contributed by atoms with Crippen molar-refractivity contribution >= 4 is 5.78 Å². The van der Waals surface area contributed by atoms with Gasteiger partial charge in [-0.05, 0) is 68.2 Å². The number of ether oxygens (including phenoxy) is 1. The van der Waals surface area contributed by atoms with E-state index < -0.39 is 11.7 Å². The second-order valence-electron chi connectivity index (χ2n) is 11.5. The maximum absolute atomic E-state index is 12.8. The van der Waals surface area contributed by atoms with Crippen LogP contribution in [0.3, 0.4) is 0 Å². The van der Waals surface area contributed by atoms with Gasteiger partial charge in [-0.25, -0.2) is 0 Å². The fourth-order valence-corrected chi connectivity index (χ4v) is 5.70. The molecule has 1 aromatic rings. The summed E-state index contributed by atoms with van der Waals surface area (Å²) < 4.78 is 6.50. The van der Waals surface area contributed by atoms with E-state index in [4.69, 9.17) is 9.84 Å². The normalized spacial score (nSPS) is 22.3. The number of carbonyl (C=O) groups is 1. The zero-order valence-electron chi connectivity index (χ0n) is 21.7. The lowest BCUT2D eigenvalue weighted by molar-refractivity contribution is -0.116. The number of phenolic OH excluding ortho intramolecular Hbond substituents is 1.